The lowest BCUT2D eigenvalue weighted by Gasteiger charge is -2.33. The van der Waals surface area contributed by atoms with Crippen molar-refractivity contribution in [2.45, 2.75) is 138 Å². The van der Waals surface area contributed by atoms with Crippen LogP contribution in [0, 0.1) is 5.92 Å². The lowest BCUT2D eigenvalue weighted by Crippen LogP contribution is -2.58. The molecule has 5 N–H and O–H groups in total. The minimum atomic E-state index is -1.69. The Kier molecular flexibility index (Phi) is 17.7. The van der Waals surface area contributed by atoms with Gasteiger partial charge < -0.3 is 40.9 Å². The van der Waals surface area contributed by atoms with Crippen molar-refractivity contribution < 1.29 is 48.6 Å². The van der Waals surface area contributed by atoms with Gasteiger partial charge in [0.2, 0.25) is 35.4 Å². The molecule has 0 radical (unpaired) electrons. The molecule has 0 aromatic carbocycles. The molecule has 5 rings (SSSR count). The molecule has 3 saturated heterocycles. The quantitative estimate of drug-likeness (QED) is 0.0938. The minimum Gasteiger partial charge on any atom is -0.481 e. The van der Waals surface area contributed by atoms with Gasteiger partial charge in [-0.2, -0.15) is 0 Å². The lowest BCUT2D eigenvalue weighted by atomic mass is 9.88. The molecule has 6 amide bonds. The Balaban J connectivity index is 1.21. The zero-order valence-corrected chi connectivity index (χ0v) is 35.0. The summed E-state index contributed by atoms with van der Waals surface area (Å²) in [5, 5.41) is 27.6. The van der Waals surface area contributed by atoms with Crippen molar-refractivity contribution in [2.24, 2.45) is 5.92 Å². The first-order valence-electron chi connectivity index (χ1n) is 20.9. The Labute approximate surface area is 352 Å². The van der Waals surface area contributed by atoms with E-state index in [0.29, 0.717) is 70.3 Å². The maximum absolute atomic E-state index is 14.2. The Morgan fingerprint density at radius 3 is 2.03 bits per heavy atom. The number of amides is 6. The van der Waals surface area contributed by atoms with Gasteiger partial charge in [0.1, 0.15) is 35.2 Å². The predicted molar refractivity (Wildman–Crippen MR) is 219 cm³/mol. The highest BCUT2D eigenvalue weighted by Gasteiger charge is 2.44. The molecule has 3 aliphatic heterocycles. The van der Waals surface area contributed by atoms with Crippen molar-refractivity contribution in [1.82, 2.24) is 35.6 Å². The molecule has 324 valence electrons. The number of likely N-dealkylation sites (tertiary alicyclic amines) is 3. The van der Waals surface area contributed by atoms with Crippen LogP contribution in [0.15, 0.2) is 29.4 Å². The molecule has 4 heterocycles. The molecule has 59 heavy (non-hydrogen) atoms. The van der Waals surface area contributed by atoms with Crippen LogP contribution in [0.1, 0.15) is 103 Å². The third-order valence-corrected chi connectivity index (χ3v) is 13.8. The van der Waals surface area contributed by atoms with Gasteiger partial charge in [-0.3, -0.25) is 33.6 Å². The van der Waals surface area contributed by atoms with Crippen LogP contribution in [0.25, 0.3) is 0 Å². The number of aromatic nitrogens is 1. The fraction of sp³-hybridized carbons (Fsp3) is 0.675. The molecule has 17 nitrogen and oxygen atoms in total. The monoisotopic (exact) mass is 859 g/mol. The van der Waals surface area contributed by atoms with Crippen molar-refractivity contribution in [1.29, 1.82) is 0 Å². The number of nitrogens with one attached hydrogen (secondary N) is 3. The molecule has 5 unspecified atom stereocenters. The van der Waals surface area contributed by atoms with Gasteiger partial charge in [0.05, 0.1) is 6.42 Å². The molecule has 4 aliphatic rings. The van der Waals surface area contributed by atoms with Crippen LogP contribution in [-0.4, -0.2) is 139 Å². The number of hydrogen-bond donors (Lipinski definition) is 5. The maximum atomic E-state index is 14.2. The predicted octanol–water partition coefficient (Wildman–Crippen LogP) is 2.58. The number of nitrogens with zero attached hydrogens (tertiary/aromatic N) is 4. The minimum absolute atomic E-state index is 0.000803. The van der Waals surface area contributed by atoms with E-state index in [-0.39, 0.29) is 49.4 Å². The number of carbonyl (C=O) groups excluding carboxylic acids is 6. The number of carboxylic acid groups (broad SMARTS) is 2. The molecule has 19 heteroatoms. The Morgan fingerprint density at radius 1 is 0.729 bits per heavy atom. The van der Waals surface area contributed by atoms with E-state index in [2.05, 4.69) is 20.9 Å². The highest BCUT2D eigenvalue weighted by Crippen LogP contribution is 2.31. The number of carbonyl (C=O) groups is 8. The summed E-state index contributed by atoms with van der Waals surface area (Å²) in [6.07, 6.45) is 9.88. The number of rotatable bonds is 20. The molecule has 1 aromatic heterocycles. The molecule has 1 saturated carbocycles. The molecule has 1 aromatic rings. The molecular formula is C40H57N7O10S2. The zero-order valence-electron chi connectivity index (χ0n) is 33.4. The molecule has 0 bridgehead atoms. The molecular weight excluding hydrogens is 803 g/mol. The summed E-state index contributed by atoms with van der Waals surface area (Å²) in [6, 6.07) is 0.195. The van der Waals surface area contributed by atoms with Crippen molar-refractivity contribution in [3.8, 4) is 0 Å². The fourth-order valence-electron chi connectivity index (χ4n) is 8.45. The van der Waals surface area contributed by atoms with Gasteiger partial charge >= 0.3 is 11.9 Å². The first-order chi connectivity index (χ1) is 28.4. The van der Waals surface area contributed by atoms with Gasteiger partial charge in [0, 0.05) is 50.5 Å². The van der Waals surface area contributed by atoms with Crippen LogP contribution >= 0.6 is 21.6 Å². The van der Waals surface area contributed by atoms with E-state index in [0.717, 1.165) is 37.1 Å². The van der Waals surface area contributed by atoms with E-state index in [4.69, 9.17) is 5.11 Å². The summed E-state index contributed by atoms with van der Waals surface area (Å²) in [5.74, 6) is -4.67. The average molecular weight is 860 g/mol. The Bertz CT molecular complexity index is 1670. The van der Waals surface area contributed by atoms with Crippen LogP contribution in [0.4, 0.5) is 0 Å². The SMILES string of the molecule is O=C(O)CC(NC(=O)C1CCCN1C(=O)C(CCCCNC(=O)C1CCCCC1)NC(=O)C1CCCN1C(=O)C1CCCN1C(=O)CCSSc1ccccn1)C(=O)O. The van der Waals surface area contributed by atoms with Gasteiger partial charge in [-0.15, -0.1) is 0 Å². The van der Waals surface area contributed by atoms with Gasteiger partial charge in [-0.05, 0) is 93.6 Å². The van der Waals surface area contributed by atoms with Gasteiger partial charge in [0.15, 0.2) is 0 Å². The Morgan fingerprint density at radius 2 is 1.37 bits per heavy atom. The summed E-state index contributed by atoms with van der Waals surface area (Å²) < 4.78 is 0. The molecule has 0 spiro atoms. The second kappa shape index (κ2) is 22.8. The van der Waals surface area contributed by atoms with Crippen LogP contribution < -0.4 is 16.0 Å². The van der Waals surface area contributed by atoms with E-state index in [9.17, 15) is 43.5 Å². The summed E-state index contributed by atoms with van der Waals surface area (Å²) in [7, 11) is 3.00. The highest BCUT2D eigenvalue weighted by molar-refractivity contribution is 8.76. The average Bonchev–Trinajstić information content (AvgIpc) is 4.04. The summed E-state index contributed by atoms with van der Waals surface area (Å²) in [5.41, 5.74) is 0. The van der Waals surface area contributed by atoms with Gasteiger partial charge in [-0.25, -0.2) is 9.78 Å². The normalized spacial score (nSPS) is 21.8. The number of unbranched alkanes of at least 4 members (excludes halogenated alkanes) is 1. The zero-order chi connectivity index (χ0) is 42.3. The van der Waals surface area contributed by atoms with E-state index in [1.807, 2.05) is 18.2 Å². The standard InChI is InChI=1S/C40H57N7O10S2/c48-33(18-24-58-59-32-17-5-7-19-41-32)45-21-10-16-31(45)39(55)47-23-9-15-30(47)36(52)43-27(13-4-6-20-42-35(51)26-11-2-1-3-12-26)38(54)46-22-8-14-29(46)37(53)44-28(40(56)57)25-34(49)50/h5,7,17,19,26-31H,1-4,6,8-16,18,20-25H2,(H,42,51)(H,43,52)(H,44,53)(H,49,50)(H,56,57). The molecule has 1 aliphatic carbocycles. The van der Waals surface area contributed by atoms with E-state index in [1.165, 1.54) is 31.4 Å². The topological polar surface area (TPSA) is 236 Å². The van der Waals surface area contributed by atoms with Crippen molar-refractivity contribution in [2.75, 3.05) is 31.9 Å². The third kappa shape index (κ3) is 13.0. The van der Waals surface area contributed by atoms with E-state index < -0.39 is 66.3 Å². The second-order valence-electron chi connectivity index (χ2n) is 15.6. The first kappa shape index (κ1) is 45.7. The largest absolute Gasteiger partial charge is 0.481 e. The van der Waals surface area contributed by atoms with Crippen molar-refractivity contribution >= 4 is 69.0 Å². The van der Waals surface area contributed by atoms with Crippen molar-refractivity contribution in [3.63, 3.8) is 0 Å². The second-order valence-corrected chi connectivity index (χ2v) is 18.1. The smallest absolute Gasteiger partial charge is 0.326 e. The van der Waals surface area contributed by atoms with Crippen LogP contribution in [0.2, 0.25) is 0 Å². The summed E-state index contributed by atoms with van der Waals surface area (Å²) in [4.78, 5) is 113. The van der Waals surface area contributed by atoms with Gasteiger partial charge in [0.25, 0.3) is 0 Å². The Hall–Kier alpha value is -4.39. The fourth-order valence-corrected chi connectivity index (χ4v) is 10.3. The summed E-state index contributed by atoms with van der Waals surface area (Å²) >= 11 is 0. The van der Waals surface area contributed by atoms with Crippen molar-refractivity contribution in [3.05, 3.63) is 24.4 Å². The number of pyridine rings is 1. The highest BCUT2D eigenvalue weighted by atomic mass is 33.1. The third-order valence-electron chi connectivity index (χ3n) is 11.5. The number of aliphatic carboxylic acids is 2. The lowest BCUT2D eigenvalue weighted by molar-refractivity contribution is -0.149. The maximum Gasteiger partial charge on any atom is 0.326 e. The van der Waals surface area contributed by atoms with Crippen LogP contribution in [0.5, 0.6) is 0 Å². The number of hydrogen-bond acceptors (Lipinski definition) is 11. The first-order valence-corrected chi connectivity index (χ1v) is 23.2. The summed E-state index contributed by atoms with van der Waals surface area (Å²) in [6.45, 7) is 1.32. The number of carboxylic acids is 2. The van der Waals surface area contributed by atoms with Gasteiger partial charge in [-0.1, -0.05) is 36.1 Å². The van der Waals surface area contributed by atoms with E-state index >= 15 is 0 Å². The molecule has 4 fully saturated rings. The van der Waals surface area contributed by atoms with Crippen LogP contribution in [0.3, 0.4) is 0 Å². The van der Waals surface area contributed by atoms with Crippen LogP contribution in [-0.2, 0) is 38.4 Å². The molecule has 5 atom stereocenters. The van der Waals surface area contributed by atoms with E-state index in [1.54, 1.807) is 11.1 Å².